The Morgan fingerprint density at radius 2 is 2.04 bits per heavy atom. The molecule has 0 amide bonds. The van der Waals surface area contributed by atoms with Crippen molar-refractivity contribution in [1.29, 1.82) is 0 Å². The highest BCUT2D eigenvalue weighted by Gasteiger charge is 2.26. The van der Waals surface area contributed by atoms with Gasteiger partial charge in [0.05, 0.1) is 13.0 Å². The zero-order valence-electron chi connectivity index (χ0n) is 13.8. The van der Waals surface area contributed by atoms with Gasteiger partial charge >= 0.3 is 5.97 Å². The predicted octanol–water partition coefficient (Wildman–Crippen LogP) is 3.27. The van der Waals surface area contributed by atoms with Gasteiger partial charge in [-0.15, -0.1) is 10.2 Å². The average Bonchev–Trinajstić information content (AvgIpc) is 3.27. The summed E-state index contributed by atoms with van der Waals surface area (Å²) in [5.74, 6) is 1.11. The van der Waals surface area contributed by atoms with E-state index in [1.807, 2.05) is 36.4 Å². The van der Waals surface area contributed by atoms with Crippen LogP contribution in [0.5, 0.6) is 11.5 Å². The molecular weight excluding hydrogens is 336 g/mol. The number of carboxylic acid groups (broad SMARTS) is 1. The Morgan fingerprint density at radius 3 is 2.85 bits per heavy atom. The van der Waals surface area contributed by atoms with Crippen LogP contribution < -0.4 is 9.47 Å². The monoisotopic (exact) mass is 352 g/mol. The van der Waals surface area contributed by atoms with E-state index in [-0.39, 0.29) is 18.9 Å². The maximum absolute atomic E-state index is 10.9. The summed E-state index contributed by atoms with van der Waals surface area (Å²) in [6.07, 6.45) is 0.0530. The van der Waals surface area contributed by atoms with Crippen molar-refractivity contribution in [3.05, 3.63) is 60.0 Å². The van der Waals surface area contributed by atoms with Gasteiger partial charge in [0, 0.05) is 23.1 Å². The van der Waals surface area contributed by atoms with Crippen LogP contribution in [0.15, 0.2) is 52.9 Å². The predicted molar refractivity (Wildman–Crippen MR) is 91.0 cm³/mol. The number of carboxylic acids is 1. The molecule has 1 unspecified atom stereocenters. The standard InChI is InChI=1S/C19H16N2O5/c22-18(23)8-13-10-25-16-9-14(6-7-15(13)16)24-11-17-20-21-19(26-17)12-4-2-1-3-5-12/h1-7,9,13H,8,10-11H2,(H,22,23). The molecule has 4 rings (SSSR count). The van der Waals surface area contributed by atoms with E-state index in [1.54, 1.807) is 12.1 Å². The van der Waals surface area contributed by atoms with Crippen molar-refractivity contribution in [3.8, 4) is 23.0 Å². The first-order chi connectivity index (χ1) is 12.7. The highest BCUT2D eigenvalue weighted by molar-refractivity contribution is 5.68. The van der Waals surface area contributed by atoms with E-state index >= 15 is 0 Å². The fourth-order valence-electron chi connectivity index (χ4n) is 2.88. The molecule has 0 spiro atoms. The molecule has 7 nitrogen and oxygen atoms in total. The van der Waals surface area contributed by atoms with E-state index in [0.29, 0.717) is 29.9 Å². The lowest BCUT2D eigenvalue weighted by atomic mass is 9.98. The van der Waals surface area contributed by atoms with Crippen molar-refractivity contribution in [2.75, 3.05) is 6.61 Å². The summed E-state index contributed by atoms with van der Waals surface area (Å²) in [5.41, 5.74) is 1.74. The number of aromatic nitrogens is 2. The summed E-state index contributed by atoms with van der Waals surface area (Å²) >= 11 is 0. The van der Waals surface area contributed by atoms with Gasteiger partial charge in [-0.25, -0.2) is 0 Å². The topological polar surface area (TPSA) is 94.7 Å². The summed E-state index contributed by atoms with van der Waals surface area (Å²) < 4.78 is 16.9. The maximum atomic E-state index is 10.9. The number of carbonyl (C=O) groups is 1. The largest absolute Gasteiger partial charge is 0.492 e. The molecule has 3 aromatic rings. The fourth-order valence-corrected chi connectivity index (χ4v) is 2.88. The van der Waals surface area contributed by atoms with Crippen LogP contribution in [0.4, 0.5) is 0 Å². The van der Waals surface area contributed by atoms with E-state index in [4.69, 9.17) is 19.0 Å². The number of fused-ring (bicyclic) bond motifs is 1. The molecule has 1 aromatic heterocycles. The molecule has 0 saturated carbocycles. The van der Waals surface area contributed by atoms with Crippen LogP contribution in [0, 0.1) is 0 Å². The first-order valence-electron chi connectivity index (χ1n) is 8.18. The summed E-state index contributed by atoms with van der Waals surface area (Å²) in [5, 5.41) is 16.9. The second-order valence-electron chi connectivity index (χ2n) is 5.96. The normalized spacial score (nSPS) is 15.3. The van der Waals surface area contributed by atoms with E-state index in [1.165, 1.54) is 0 Å². The van der Waals surface area contributed by atoms with Crippen molar-refractivity contribution >= 4 is 5.97 Å². The minimum Gasteiger partial charge on any atom is -0.492 e. The molecule has 132 valence electrons. The lowest BCUT2D eigenvalue weighted by Crippen LogP contribution is -2.07. The molecule has 1 aliphatic rings. The molecule has 1 N–H and O–H groups in total. The maximum Gasteiger partial charge on any atom is 0.304 e. The van der Waals surface area contributed by atoms with Gasteiger partial charge in [-0.2, -0.15) is 0 Å². The molecule has 1 aliphatic heterocycles. The quantitative estimate of drug-likeness (QED) is 0.727. The molecule has 7 heteroatoms. The van der Waals surface area contributed by atoms with E-state index in [2.05, 4.69) is 10.2 Å². The molecule has 2 heterocycles. The molecule has 0 radical (unpaired) electrons. The van der Waals surface area contributed by atoms with Crippen molar-refractivity contribution in [3.63, 3.8) is 0 Å². The van der Waals surface area contributed by atoms with Gasteiger partial charge in [0.15, 0.2) is 6.61 Å². The Bertz CT molecular complexity index is 923. The molecule has 0 saturated heterocycles. The summed E-state index contributed by atoms with van der Waals surface area (Å²) in [4.78, 5) is 10.9. The van der Waals surface area contributed by atoms with Gasteiger partial charge in [0.25, 0.3) is 5.89 Å². The zero-order valence-corrected chi connectivity index (χ0v) is 13.8. The summed E-state index contributed by atoms with van der Waals surface area (Å²) in [6.45, 7) is 0.506. The number of hydrogen-bond acceptors (Lipinski definition) is 6. The second kappa shape index (κ2) is 6.87. The first kappa shape index (κ1) is 16.1. The number of ether oxygens (including phenoxy) is 2. The number of benzene rings is 2. The SMILES string of the molecule is O=C(O)CC1COc2cc(OCc3nnc(-c4ccccc4)o3)ccc21. The van der Waals surface area contributed by atoms with Crippen LogP contribution in [0.2, 0.25) is 0 Å². The Kier molecular flexibility index (Phi) is 4.27. The summed E-state index contributed by atoms with van der Waals surface area (Å²) in [7, 11) is 0. The second-order valence-corrected chi connectivity index (χ2v) is 5.96. The Morgan fingerprint density at radius 1 is 1.19 bits per heavy atom. The minimum atomic E-state index is -0.836. The van der Waals surface area contributed by atoms with Crippen LogP contribution in [-0.4, -0.2) is 27.9 Å². The molecular formula is C19H16N2O5. The van der Waals surface area contributed by atoms with Crippen LogP contribution in [-0.2, 0) is 11.4 Å². The van der Waals surface area contributed by atoms with E-state index in [0.717, 1.165) is 11.1 Å². The molecule has 1 atom stereocenters. The fraction of sp³-hybridized carbons (Fsp3) is 0.211. The van der Waals surface area contributed by atoms with Gasteiger partial charge in [0.2, 0.25) is 5.89 Å². The van der Waals surface area contributed by atoms with Gasteiger partial charge < -0.3 is 19.0 Å². The Balaban J connectivity index is 1.42. The van der Waals surface area contributed by atoms with E-state index in [9.17, 15) is 4.79 Å². The van der Waals surface area contributed by atoms with Crippen LogP contribution in [0.25, 0.3) is 11.5 Å². The zero-order chi connectivity index (χ0) is 17.9. The highest BCUT2D eigenvalue weighted by atomic mass is 16.5. The third-order valence-electron chi connectivity index (χ3n) is 4.14. The van der Waals surface area contributed by atoms with Crippen LogP contribution in [0.1, 0.15) is 23.8 Å². The third-order valence-corrected chi connectivity index (χ3v) is 4.14. The number of rotatable bonds is 6. The lowest BCUT2D eigenvalue weighted by Gasteiger charge is -2.07. The number of nitrogens with zero attached hydrogens (tertiary/aromatic N) is 2. The van der Waals surface area contributed by atoms with Gasteiger partial charge in [-0.1, -0.05) is 24.3 Å². The van der Waals surface area contributed by atoms with Crippen molar-refractivity contribution in [2.45, 2.75) is 18.9 Å². The molecule has 2 aromatic carbocycles. The number of aliphatic carboxylic acids is 1. The number of hydrogen-bond donors (Lipinski definition) is 1. The van der Waals surface area contributed by atoms with Crippen LogP contribution >= 0.6 is 0 Å². The third kappa shape index (κ3) is 3.37. The Labute approximate surface area is 149 Å². The van der Waals surface area contributed by atoms with Crippen molar-refractivity contribution < 1.29 is 23.8 Å². The Hall–Kier alpha value is -3.35. The van der Waals surface area contributed by atoms with Gasteiger partial charge in [-0.05, 0) is 18.2 Å². The van der Waals surface area contributed by atoms with Gasteiger partial charge in [0.1, 0.15) is 11.5 Å². The lowest BCUT2D eigenvalue weighted by molar-refractivity contribution is -0.137. The van der Waals surface area contributed by atoms with Crippen molar-refractivity contribution in [2.24, 2.45) is 0 Å². The average molecular weight is 352 g/mol. The molecule has 26 heavy (non-hydrogen) atoms. The molecule has 0 fully saturated rings. The summed E-state index contributed by atoms with van der Waals surface area (Å²) in [6, 6.07) is 14.9. The highest BCUT2D eigenvalue weighted by Crippen LogP contribution is 2.38. The van der Waals surface area contributed by atoms with E-state index < -0.39 is 5.97 Å². The molecule has 0 bridgehead atoms. The van der Waals surface area contributed by atoms with Crippen LogP contribution in [0.3, 0.4) is 0 Å². The van der Waals surface area contributed by atoms with Crippen molar-refractivity contribution in [1.82, 2.24) is 10.2 Å². The smallest absolute Gasteiger partial charge is 0.304 e. The first-order valence-corrected chi connectivity index (χ1v) is 8.18. The molecule has 0 aliphatic carbocycles. The minimum absolute atomic E-state index is 0.0530. The van der Waals surface area contributed by atoms with Gasteiger partial charge in [-0.3, -0.25) is 4.79 Å².